The van der Waals surface area contributed by atoms with Crippen LogP contribution in [-0.2, 0) is 17.5 Å². The van der Waals surface area contributed by atoms with Crippen molar-refractivity contribution in [2.45, 2.75) is 51.9 Å². The molecule has 1 saturated heterocycles. The van der Waals surface area contributed by atoms with Gasteiger partial charge in [-0.05, 0) is 64.0 Å². The third-order valence-corrected chi connectivity index (χ3v) is 8.60. The Morgan fingerprint density at radius 1 is 1.16 bits per heavy atom. The summed E-state index contributed by atoms with van der Waals surface area (Å²) >= 11 is 0.798. The minimum absolute atomic E-state index is 0.0526. The minimum Gasteiger partial charge on any atom is -0.462 e. The number of anilines is 1. The first-order valence-electron chi connectivity index (χ1n) is 14.6. The Hall–Kier alpha value is -4.30. The van der Waals surface area contributed by atoms with Gasteiger partial charge in [-0.1, -0.05) is 12.5 Å². The number of aromatic nitrogens is 3. The van der Waals surface area contributed by atoms with Gasteiger partial charge in [0.1, 0.15) is 16.4 Å². The Kier molecular flexibility index (Phi) is 9.53. The number of likely N-dealkylation sites (N-methyl/N-ethyl adjacent to an activating group) is 1. The van der Waals surface area contributed by atoms with E-state index in [-0.39, 0.29) is 40.0 Å². The molecule has 0 saturated carbocycles. The van der Waals surface area contributed by atoms with Gasteiger partial charge >= 0.3 is 18.2 Å². The van der Waals surface area contributed by atoms with Crippen molar-refractivity contribution in [3.05, 3.63) is 63.5 Å². The normalized spacial score (nSPS) is 15.6. The molecule has 1 atom stereocenters. The number of urea groups is 1. The van der Waals surface area contributed by atoms with Gasteiger partial charge in [-0.25, -0.2) is 19.6 Å². The first-order chi connectivity index (χ1) is 21.5. The number of benzene rings is 1. The van der Waals surface area contributed by atoms with Crippen molar-refractivity contribution in [2.75, 3.05) is 32.1 Å². The van der Waals surface area contributed by atoms with Gasteiger partial charge in [0.25, 0.3) is 0 Å². The van der Waals surface area contributed by atoms with Crippen LogP contribution in [0.4, 0.5) is 23.8 Å². The van der Waals surface area contributed by atoms with Crippen LogP contribution in [0.2, 0.25) is 0 Å². The molecule has 4 aromatic rings. The van der Waals surface area contributed by atoms with Crippen molar-refractivity contribution in [3.8, 4) is 21.7 Å². The number of alkyl halides is 3. The summed E-state index contributed by atoms with van der Waals surface area (Å²) in [4.78, 5) is 49.2. The summed E-state index contributed by atoms with van der Waals surface area (Å²) in [5, 5.41) is 6.38. The number of esters is 1. The molecule has 1 aliphatic heterocycles. The van der Waals surface area contributed by atoms with E-state index >= 15 is 0 Å². The number of likely N-dealkylation sites (tertiary alicyclic amines) is 1. The van der Waals surface area contributed by atoms with Crippen LogP contribution in [0, 0.1) is 0 Å². The summed E-state index contributed by atoms with van der Waals surface area (Å²) < 4.78 is 47.5. The molecule has 45 heavy (non-hydrogen) atoms. The number of carbonyl (C=O) groups is 2. The first kappa shape index (κ1) is 32.1. The van der Waals surface area contributed by atoms with Crippen LogP contribution in [-0.4, -0.2) is 64.2 Å². The van der Waals surface area contributed by atoms with E-state index in [9.17, 15) is 27.6 Å². The van der Waals surface area contributed by atoms with Crippen LogP contribution in [0.15, 0.2) is 46.8 Å². The fourth-order valence-corrected chi connectivity index (χ4v) is 6.31. The highest BCUT2D eigenvalue weighted by molar-refractivity contribution is 7.13. The van der Waals surface area contributed by atoms with Crippen LogP contribution >= 0.6 is 11.3 Å². The molecule has 0 spiro atoms. The third kappa shape index (κ3) is 7.01. The summed E-state index contributed by atoms with van der Waals surface area (Å²) in [6.45, 7) is 5.36. The van der Waals surface area contributed by atoms with Crippen LogP contribution in [0.25, 0.3) is 32.6 Å². The lowest BCUT2D eigenvalue weighted by Gasteiger charge is -2.33. The quantitative estimate of drug-likeness (QED) is 0.226. The van der Waals surface area contributed by atoms with Crippen molar-refractivity contribution in [1.82, 2.24) is 24.8 Å². The van der Waals surface area contributed by atoms with Crippen molar-refractivity contribution in [3.63, 3.8) is 0 Å². The molecule has 1 aliphatic rings. The molecule has 1 unspecified atom stereocenters. The minimum atomic E-state index is -4.64. The molecular formula is C31H33F3N6O4S. The fourth-order valence-electron chi connectivity index (χ4n) is 5.45. The highest BCUT2D eigenvalue weighted by Gasteiger charge is 2.34. The van der Waals surface area contributed by atoms with Gasteiger partial charge in [-0.3, -0.25) is 10.1 Å². The van der Waals surface area contributed by atoms with Crippen LogP contribution in [0.1, 0.15) is 49.2 Å². The first-order valence-corrected chi connectivity index (χ1v) is 15.5. The van der Waals surface area contributed by atoms with Crippen LogP contribution < -0.4 is 16.1 Å². The third-order valence-electron chi connectivity index (χ3n) is 7.72. The van der Waals surface area contributed by atoms with Crippen LogP contribution in [0.5, 0.6) is 0 Å². The average Bonchev–Trinajstić information content (AvgIpc) is 3.51. The summed E-state index contributed by atoms with van der Waals surface area (Å²) in [7, 11) is 2.06. The van der Waals surface area contributed by atoms with E-state index in [0.717, 1.165) is 42.5 Å². The standard InChI is InChI=1S/C31H33F3N6O4S/c1-4-35-30(43)38-26-13-20(28-37-25(17-45-28)31(32,33)34)22(14-36-26)18-9-10-24-21(12-18)27(41)23(29(42)44-5-2)16-40(24)15-19-8-6-7-11-39(19)3/h9-10,12-14,16-17,19H,4-8,11,15H2,1-3H3,(H2,35,36,38,43). The van der Waals surface area contributed by atoms with Gasteiger partial charge in [0.15, 0.2) is 5.69 Å². The Morgan fingerprint density at radius 3 is 2.64 bits per heavy atom. The summed E-state index contributed by atoms with van der Waals surface area (Å²) in [5.41, 5.74) is 0.0804. The number of fused-ring (bicyclic) bond motifs is 1. The number of nitrogens with zero attached hydrogens (tertiary/aromatic N) is 4. The Morgan fingerprint density at radius 2 is 1.96 bits per heavy atom. The molecule has 1 aromatic carbocycles. The average molecular weight is 643 g/mol. The monoisotopic (exact) mass is 642 g/mol. The molecule has 10 nitrogen and oxygen atoms in total. The maximum atomic E-state index is 13.7. The van der Waals surface area contributed by atoms with E-state index in [1.165, 1.54) is 12.3 Å². The zero-order valence-electron chi connectivity index (χ0n) is 25.0. The Balaban J connectivity index is 1.66. The largest absolute Gasteiger partial charge is 0.462 e. The SMILES string of the molecule is CCNC(=O)Nc1cc(-c2nc(C(F)(F)F)cs2)c(-c2ccc3c(c2)c(=O)c(C(=O)OCC)cn3CC2CCCCN2C)cn1. The lowest BCUT2D eigenvalue weighted by Crippen LogP contribution is -2.39. The second-order valence-corrected chi connectivity index (χ2v) is 11.6. The number of halogens is 3. The number of amides is 2. The number of hydrogen-bond donors (Lipinski definition) is 2. The molecule has 0 aliphatic carbocycles. The van der Waals surface area contributed by atoms with Crippen LogP contribution in [0.3, 0.4) is 0 Å². The molecule has 238 valence electrons. The van der Waals surface area contributed by atoms with Gasteiger partial charge in [0.2, 0.25) is 5.43 Å². The molecule has 2 amide bonds. The van der Waals surface area contributed by atoms with Crippen molar-refractivity contribution in [2.24, 2.45) is 0 Å². The molecule has 14 heteroatoms. The maximum absolute atomic E-state index is 13.7. The number of hydrogen-bond acceptors (Lipinski definition) is 8. The Labute approximate surface area is 261 Å². The second kappa shape index (κ2) is 13.4. The second-order valence-electron chi connectivity index (χ2n) is 10.7. The maximum Gasteiger partial charge on any atom is 0.434 e. The van der Waals surface area contributed by atoms with E-state index in [4.69, 9.17) is 4.74 Å². The lowest BCUT2D eigenvalue weighted by atomic mass is 9.98. The molecular weight excluding hydrogens is 609 g/mol. The topological polar surface area (TPSA) is 118 Å². The molecule has 3 aromatic heterocycles. The van der Waals surface area contributed by atoms with Gasteiger partial charge in [0, 0.05) is 53.4 Å². The van der Waals surface area contributed by atoms with E-state index in [0.29, 0.717) is 29.7 Å². The van der Waals surface area contributed by atoms with Crippen molar-refractivity contribution < 1.29 is 27.5 Å². The summed E-state index contributed by atoms with van der Waals surface area (Å²) in [6, 6.07) is 6.24. The number of pyridine rings is 2. The number of thiazole rings is 1. The van der Waals surface area contributed by atoms with E-state index in [1.54, 1.807) is 38.2 Å². The molecule has 0 bridgehead atoms. The number of nitrogens with one attached hydrogen (secondary N) is 2. The zero-order valence-corrected chi connectivity index (χ0v) is 25.8. The number of piperidine rings is 1. The predicted molar refractivity (Wildman–Crippen MR) is 166 cm³/mol. The summed E-state index contributed by atoms with van der Waals surface area (Å²) in [6.07, 6.45) is 1.47. The Bertz CT molecular complexity index is 1790. The van der Waals surface area contributed by atoms with Gasteiger partial charge in [-0.15, -0.1) is 11.3 Å². The van der Waals surface area contributed by atoms with E-state index in [2.05, 4.69) is 32.5 Å². The highest BCUT2D eigenvalue weighted by Crippen LogP contribution is 2.39. The smallest absolute Gasteiger partial charge is 0.434 e. The lowest BCUT2D eigenvalue weighted by molar-refractivity contribution is -0.140. The predicted octanol–water partition coefficient (Wildman–Crippen LogP) is 6.01. The van der Waals surface area contributed by atoms with Gasteiger partial charge in [-0.2, -0.15) is 13.2 Å². The zero-order chi connectivity index (χ0) is 32.3. The molecule has 5 rings (SSSR count). The highest BCUT2D eigenvalue weighted by atomic mass is 32.1. The van der Waals surface area contributed by atoms with Crippen molar-refractivity contribution >= 4 is 40.1 Å². The number of rotatable bonds is 8. The molecule has 1 fully saturated rings. The fraction of sp³-hybridized carbons (Fsp3) is 0.387. The summed E-state index contributed by atoms with van der Waals surface area (Å²) in [5.74, 6) is -0.626. The molecule has 4 heterocycles. The number of carbonyl (C=O) groups excluding carboxylic acids is 2. The van der Waals surface area contributed by atoms with Gasteiger partial charge in [0.05, 0.1) is 12.1 Å². The van der Waals surface area contributed by atoms with Gasteiger partial charge < -0.3 is 19.5 Å². The van der Waals surface area contributed by atoms with E-state index < -0.39 is 29.3 Å². The molecule has 0 radical (unpaired) electrons. The van der Waals surface area contributed by atoms with Crippen molar-refractivity contribution in [1.29, 1.82) is 0 Å². The van der Waals surface area contributed by atoms with E-state index in [1.807, 2.05) is 4.57 Å². The number of ether oxygens (including phenoxy) is 1. The molecule has 2 N–H and O–H groups in total.